The Morgan fingerprint density at radius 2 is 1.84 bits per heavy atom. The number of hydrogen-bond donors (Lipinski definition) is 1. The van der Waals surface area contributed by atoms with Gasteiger partial charge in [0.15, 0.2) is 0 Å². The number of nitrogens with two attached hydrogens (primary N) is 1. The average Bonchev–Trinajstić information content (AvgIpc) is 2.39. The standard InChI is InChI=1S/C15H14BrClFN/c16-13-4-1-11(15(18)8-13)7-12(9-19)10-2-5-14(17)6-3-10/h1-6,8,12H,7,9,19H2. The van der Waals surface area contributed by atoms with Crippen molar-refractivity contribution in [1.82, 2.24) is 0 Å². The van der Waals surface area contributed by atoms with Crippen molar-refractivity contribution in [2.75, 3.05) is 6.54 Å². The molecule has 0 amide bonds. The van der Waals surface area contributed by atoms with Gasteiger partial charge in [0.05, 0.1) is 0 Å². The smallest absolute Gasteiger partial charge is 0.127 e. The molecule has 2 aromatic rings. The maximum atomic E-state index is 13.8. The van der Waals surface area contributed by atoms with E-state index in [-0.39, 0.29) is 11.7 Å². The number of halogens is 3. The Morgan fingerprint density at radius 1 is 1.16 bits per heavy atom. The number of benzene rings is 2. The third kappa shape index (κ3) is 3.78. The van der Waals surface area contributed by atoms with Crippen molar-refractivity contribution in [3.63, 3.8) is 0 Å². The lowest BCUT2D eigenvalue weighted by atomic mass is 9.92. The topological polar surface area (TPSA) is 26.0 Å². The molecule has 1 unspecified atom stereocenters. The van der Waals surface area contributed by atoms with Crippen LogP contribution in [0.3, 0.4) is 0 Å². The molecule has 100 valence electrons. The summed E-state index contributed by atoms with van der Waals surface area (Å²) in [7, 11) is 0. The first-order chi connectivity index (χ1) is 9.10. The number of rotatable bonds is 4. The van der Waals surface area contributed by atoms with E-state index in [1.165, 1.54) is 6.07 Å². The Labute approximate surface area is 125 Å². The molecule has 0 saturated heterocycles. The highest BCUT2D eigenvalue weighted by molar-refractivity contribution is 9.10. The molecule has 2 aromatic carbocycles. The van der Waals surface area contributed by atoms with Crippen molar-refractivity contribution in [3.8, 4) is 0 Å². The van der Waals surface area contributed by atoms with E-state index >= 15 is 0 Å². The van der Waals surface area contributed by atoms with Crippen LogP contribution in [0, 0.1) is 5.82 Å². The second kappa shape index (κ2) is 6.51. The zero-order chi connectivity index (χ0) is 13.8. The van der Waals surface area contributed by atoms with Crippen molar-refractivity contribution >= 4 is 27.5 Å². The fourth-order valence-electron chi connectivity index (χ4n) is 2.02. The molecule has 0 aromatic heterocycles. The molecule has 0 heterocycles. The number of hydrogen-bond acceptors (Lipinski definition) is 1. The van der Waals surface area contributed by atoms with Gasteiger partial charge in [-0.15, -0.1) is 0 Å². The molecule has 0 aliphatic rings. The minimum atomic E-state index is -0.207. The first kappa shape index (κ1) is 14.5. The summed E-state index contributed by atoms with van der Waals surface area (Å²) < 4.78 is 14.6. The predicted molar refractivity (Wildman–Crippen MR) is 81.1 cm³/mol. The van der Waals surface area contributed by atoms with Crippen LogP contribution in [-0.4, -0.2) is 6.54 Å². The summed E-state index contributed by atoms with van der Waals surface area (Å²) in [6.45, 7) is 0.469. The monoisotopic (exact) mass is 341 g/mol. The quantitative estimate of drug-likeness (QED) is 0.868. The van der Waals surface area contributed by atoms with E-state index in [2.05, 4.69) is 15.9 Å². The SMILES string of the molecule is NCC(Cc1ccc(Br)cc1F)c1ccc(Cl)cc1. The summed E-state index contributed by atoms with van der Waals surface area (Å²) >= 11 is 9.12. The van der Waals surface area contributed by atoms with E-state index in [0.29, 0.717) is 23.6 Å². The van der Waals surface area contributed by atoms with Gasteiger partial charge in [-0.3, -0.25) is 0 Å². The predicted octanol–water partition coefficient (Wildman–Crippen LogP) is 4.53. The van der Waals surface area contributed by atoms with Gasteiger partial charge in [-0.2, -0.15) is 0 Å². The molecule has 19 heavy (non-hydrogen) atoms. The van der Waals surface area contributed by atoms with Gasteiger partial charge in [-0.1, -0.05) is 45.7 Å². The fraction of sp³-hybridized carbons (Fsp3) is 0.200. The van der Waals surface area contributed by atoms with Gasteiger partial charge < -0.3 is 5.73 Å². The second-order valence-electron chi connectivity index (χ2n) is 4.42. The summed E-state index contributed by atoms with van der Waals surface area (Å²) in [6, 6.07) is 12.7. The van der Waals surface area contributed by atoms with Gasteiger partial charge in [-0.05, 0) is 48.4 Å². The van der Waals surface area contributed by atoms with Gasteiger partial charge >= 0.3 is 0 Å². The minimum absolute atomic E-state index is 0.0907. The molecule has 0 aliphatic heterocycles. The molecule has 1 nitrogen and oxygen atoms in total. The molecule has 0 bridgehead atoms. The van der Waals surface area contributed by atoms with E-state index in [1.54, 1.807) is 6.07 Å². The molecule has 0 radical (unpaired) electrons. The summed E-state index contributed by atoms with van der Waals surface area (Å²) in [4.78, 5) is 0. The lowest BCUT2D eigenvalue weighted by Crippen LogP contribution is -2.15. The van der Waals surface area contributed by atoms with Crippen molar-refractivity contribution < 1.29 is 4.39 Å². The minimum Gasteiger partial charge on any atom is -0.330 e. The third-order valence-corrected chi connectivity index (χ3v) is 3.85. The lowest BCUT2D eigenvalue weighted by Gasteiger charge is -2.16. The molecule has 0 spiro atoms. The molecular formula is C15H14BrClFN. The Morgan fingerprint density at radius 3 is 2.42 bits per heavy atom. The van der Waals surface area contributed by atoms with Crippen LogP contribution in [0.5, 0.6) is 0 Å². The van der Waals surface area contributed by atoms with Crippen LogP contribution in [0.25, 0.3) is 0 Å². The van der Waals surface area contributed by atoms with Crippen LogP contribution in [0.1, 0.15) is 17.0 Å². The molecular weight excluding hydrogens is 329 g/mol. The van der Waals surface area contributed by atoms with Gasteiger partial charge in [0, 0.05) is 15.4 Å². The van der Waals surface area contributed by atoms with E-state index < -0.39 is 0 Å². The summed E-state index contributed by atoms with van der Waals surface area (Å²) in [5.74, 6) is -0.116. The molecule has 0 aliphatic carbocycles. The highest BCUT2D eigenvalue weighted by Crippen LogP contribution is 2.24. The van der Waals surface area contributed by atoms with Crippen molar-refractivity contribution in [3.05, 3.63) is 68.9 Å². The highest BCUT2D eigenvalue weighted by atomic mass is 79.9. The van der Waals surface area contributed by atoms with Crippen LogP contribution in [0.4, 0.5) is 4.39 Å². The Kier molecular flexibility index (Phi) is 4.97. The zero-order valence-electron chi connectivity index (χ0n) is 10.2. The van der Waals surface area contributed by atoms with E-state index in [1.807, 2.05) is 30.3 Å². The van der Waals surface area contributed by atoms with Crippen LogP contribution < -0.4 is 5.73 Å². The van der Waals surface area contributed by atoms with Gasteiger partial charge in [0.25, 0.3) is 0 Å². The van der Waals surface area contributed by atoms with Gasteiger partial charge in [-0.25, -0.2) is 4.39 Å². The van der Waals surface area contributed by atoms with E-state index in [4.69, 9.17) is 17.3 Å². The average molecular weight is 343 g/mol. The normalized spacial score (nSPS) is 12.4. The van der Waals surface area contributed by atoms with E-state index in [9.17, 15) is 4.39 Å². The highest BCUT2D eigenvalue weighted by Gasteiger charge is 2.13. The summed E-state index contributed by atoms with van der Waals surface area (Å²) in [5.41, 5.74) is 7.56. The largest absolute Gasteiger partial charge is 0.330 e. The zero-order valence-corrected chi connectivity index (χ0v) is 12.6. The van der Waals surface area contributed by atoms with Crippen LogP contribution >= 0.6 is 27.5 Å². The fourth-order valence-corrected chi connectivity index (χ4v) is 2.48. The molecule has 4 heteroatoms. The Hall–Kier alpha value is -0.900. The van der Waals surface area contributed by atoms with Crippen LogP contribution in [-0.2, 0) is 6.42 Å². The first-order valence-electron chi connectivity index (χ1n) is 5.99. The molecule has 0 saturated carbocycles. The third-order valence-electron chi connectivity index (χ3n) is 3.11. The van der Waals surface area contributed by atoms with Crippen LogP contribution in [0.2, 0.25) is 5.02 Å². The Balaban J connectivity index is 2.21. The molecule has 2 N–H and O–H groups in total. The maximum absolute atomic E-state index is 13.8. The lowest BCUT2D eigenvalue weighted by molar-refractivity contribution is 0.589. The van der Waals surface area contributed by atoms with Crippen molar-refractivity contribution in [1.29, 1.82) is 0 Å². The first-order valence-corrected chi connectivity index (χ1v) is 7.16. The summed E-state index contributed by atoms with van der Waals surface area (Å²) in [5, 5.41) is 0.689. The van der Waals surface area contributed by atoms with Crippen molar-refractivity contribution in [2.45, 2.75) is 12.3 Å². The van der Waals surface area contributed by atoms with E-state index in [0.717, 1.165) is 10.0 Å². The van der Waals surface area contributed by atoms with Crippen LogP contribution in [0.15, 0.2) is 46.9 Å². The van der Waals surface area contributed by atoms with Crippen molar-refractivity contribution in [2.24, 2.45) is 5.73 Å². The maximum Gasteiger partial charge on any atom is 0.127 e. The summed E-state index contributed by atoms with van der Waals surface area (Å²) in [6.07, 6.45) is 0.581. The molecule has 0 fully saturated rings. The van der Waals surface area contributed by atoms with Gasteiger partial charge in [0.2, 0.25) is 0 Å². The Bertz CT molecular complexity index is 557. The van der Waals surface area contributed by atoms with Gasteiger partial charge in [0.1, 0.15) is 5.82 Å². The molecule has 2 rings (SSSR count). The molecule has 1 atom stereocenters. The second-order valence-corrected chi connectivity index (χ2v) is 5.78.